The molecule has 0 atom stereocenters. The van der Waals surface area contributed by atoms with Crippen LogP contribution in [0.3, 0.4) is 0 Å². The number of rotatable bonds is 4. The van der Waals surface area contributed by atoms with Gasteiger partial charge in [-0.2, -0.15) is 0 Å². The molecule has 0 saturated heterocycles. The van der Waals surface area contributed by atoms with Crippen LogP contribution in [0.1, 0.15) is 5.56 Å². The second-order valence-corrected chi connectivity index (χ2v) is 3.96. The third kappa shape index (κ3) is 2.49. The van der Waals surface area contributed by atoms with Gasteiger partial charge in [0.2, 0.25) is 0 Å². The highest BCUT2D eigenvalue weighted by molar-refractivity contribution is 6.18. The predicted molar refractivity (Wildman–Crippen MR) is 61.1 cm³/mol. The third-order valence-electron chi connectivity index (χ3n) is 2.31. The summed E-state index contributed by atoms with van der Waals surface area (Å²) in [6.45, 7) is 1.76. The summed E-state index contributed by atoms with van der Waals surface area (Å²) in [5, 5.41) is 0. The summed E-state index contributed by atoms with van der Waals surface area (Å²) >= 11 is 5.67. The number of alkyl halides is 1. The van der Waals surface area contributed by atoms with Crippen LogP contribution >= 0.6 is 11.6 Å². The average molecular weight is 225 g/mol. The number of nitrogens with zero attached hydrogens (tertiary/aromatic N) is 2. The highest BCUT2D eigenvalue weighted by atomic mass is 35.5. The predicted octanol–water partition coefficient (Wildman–Crippen LogP) is 2.50. The van der Waals surface area contributed by atoms with E-state index in [1.54, 1.807) is 0 Å². The molecule has 80 valence electrons. The van der Waals surface area contributed by atoms with E-state index in [2.05, 4.69) is 16.0 Å². The molecule has 1 aromatic carbocycles. The molecular formula is C11H13ClN2O. The highest BCUT2D eigenvalue weighted by Crippen LogP contribution is 2.15. The van der Waals surface area contributed by atoms with Crippen molar-refractivity contribution in [3.8, 4) is 0 Å². The van der Waals surface area contributed by atoms with Gasteiger partial charge < -0.3 is 9.32 Å². The molecule has 3 nitrogen and oxygen atoms in total. The quantitative estimate of drug-likeness (QED) is 0.748. The van der Waals surface area contributed by atoms with Gasteiger partial charge in [-0.15, -0.1) is 11.6 Å². The van der Waals surface area contributed by atoms with Crippen molar-refractivity contribution in [3.05, 3.63) is 30.2 Å². The number of halogens is 1. The van der Waals surface area contributed by atoms with Crippen molar-refractivity contribution in [2.75, 3.05) is 19.5 Å². The fourth-order valence-electron chi connectivity index (χ4n) is 1.53. The van der Waals surface area contributed by atoms with E-state index in [0.717, 1.165) is 24.2 Å². The van der Waals surface area contributed by atoms with E-state index in [4.69, 9.17) is 16.0 Å². The van der Waals surface area contributed by atoms with Crippen LogP contribution in [0.2, 0.25) is 0 Å². The Hall–Kier alpha value is -1.06. The van der Waals surface area contributed by atoms with E-state index in [0.29, 0.717) is 5.88 Å². The van der Waals surface area contributed by atoms with Gasteiger partial charge in [0.1, 0.15) is 5.52 Å². The van der Waals surface area contributed by atoms with Crippen LogP contribution in [0.4, 0.5) is 0 Å². The summed E-state index contributed by atoms with van der Waals surface area (Å²) in [7, 11) is 2.05. The molecular weight excluding hydrogens is 212 g/mol. The van der Waals surface area contributed by atoms with Crippen molar-refractivity contribution in [1.82, 2.24) is 9.88 Å². The second-order valence-electron chi connectivity index (χ2n) is 3.58. The van der Waals surface area contributed by atoms with Gasteiger partial charge in [-0.25, -0.2) is 4.98 Å². The summed E-state index contributed by atoms with van der Waals surface area (Å²) in [6.07, 6.45) is 1.47. The average Bonchev–Trinajstić information content (AvgIpc) is 2.65. The molecule has 0 aliphatic carbocycles. The molecule has 0 aliphatic rings. The molecule has 0 unspecified atom stereocenters. The van der Waals surface area contributed by atoms with Gasteiger partial charge in [0, 0.05) is 19.0 Å². The lowest BCUT2D eigenvalue weighted by Crippen LogP contribution is -2.19. The van der Waals surface area contributed by atoms with Crippen molar-refractivity contribution >= 4 is 22.7 Å². The van der Waals surface area contributed by atoms with Crippen LogP contribution < -0.4 is 0 Å². The molecule has 0 radical (unpaired) electrons. The molecule has 0 amide bonds. The van der Waals surface area contributed by atoms with E-state index in [1.165, 1.54) is 12.0 Å². The number of hydrogen-bond donors (Lipinski definition) is 0. The van der Waals surface area contributed by atoms with Crippen LogP contribution in [0.15, 0.2) is 29.0 Å². The van der Waals surface area contributed by atoms with Crippen molar-refractivity contribution in [2.24, 2.45) is 0 Å². The van der Waals surface area contributed by atoms with E-state index in [1.807, 2.05) is 19.2 Å². The first-order valence-corrected chi connectivity index (χ1v) is 5.39. The maximum absolute atomic E-state index is 5.67. The van der Waals surface area contributed by atoms with E-state index >= 15 is 0 Å². The van der Waals surface area contributed by atoms with Crippen LogP contribution in [0, 0.1) is 0 Å². The zero-order valence-electron chi connectivity index (χ0n) is 8.61. The minimum atomic E-state index is 0.654. The zero-order valence-corrected chi connectivity index (χ0v) is 9.37. The first-order valence-electron chi connectivity index (χ1n) is 4.86. The first kappa shape index (κ1) is 10.5. The lowest BCUT2D eigenvalue weighted by molar-refractivity contribution is 0.348. The van der Waals surface area contributed by atoms with Crippen LogP contribution in [-0.2, 0) is 6.54 Å². The van der Waals surface area contributed by atoms with E-state index in [-0.39, 0.29) is 0 Å². The molecule has 2 aromatic rings. The Bertz CT molecular complexity index is 441. The van der Waals surface area contributed by atoms with Gasteiger partial charge in [0.25, 0.3) is 0 Å². The highest BCUT2D eigenvalue weighted by Gasteiger charge is 2.03. The fraction of sp³-hybridized carbons (Fsp3) is 0.364. The molecule has 0 aliphatic heterocycles. The molecule has 0 bridgehead atoms. The molecule has 1 aromatic heterocycles. The summed E-state index contributed by atoms with van der Waals surface area (Å²) in [5.74, 6) is 0.654. The molecule has 0 N–H and O–H groups in total. The Kier molecular flexibility index (Phi) is 3.23. The van der Waals surface area contributed by atoms with Crippen LogP contribution in [-0.4, -0.2) is 29.4 Å². The van der Waals surface area contributed by atoms with Gasteiger partial charge in [0.05, 0.1) is 0 Å². The normalized spacial score (nSPS) is 11.4. The van der Waals surface area contributed by atoms with Gasteiger partial charge in [-0.05, 0) is 24.7 Å². The molecule has 2 rings (SSSR count). The minimum absolute atomic E-state index is 0.654. The minimum Gasteiger partial charge on any atom is -0.443 e. The largest absolute Gasteiger partial charge is 0.443 e. The Morgan fingerprint density at radius 2 is 2.33 bits per heavy atom. The van der Waals surface area contributed by atoms with Gasteiger partial charge in [-0.1, -0.05) is 6.07 Å². The summed E-state index contributed by atoms with van der Waals surface area (Å²) in [5.41, 5.74) is 2.96. The summed E-state index contributed by atoms with van der Waals surface area (Å²) in [6, 6.07) is 6.06. The van der Waals surface area contributed by atoms with E-state index in [9.17, 15) is 0 Å². The lowest BCUT2D eigenvalue weighted by atomic mass is 10.2. The molecule has 4 heteroatoms. The number of oxazole rings is 1. The van der Waals surface area contributed by atoms with Crippen molar-refractivity contribution in [1.29, 1.82) is 0 Å². The Labute approximate surface area is 93.6 Å². The maximum atomic E-state index is 5.67. The molecule has 0 spiro atoms. The van der Waals surface area contributed by atoms with E-state index < -0.39 is 0 Å². The summed E-state index contributed by atoms with van der Waals surface area (Å²) in [4.78, 5) is 6.25. The van der Waals surface area contributed by atoms with Gasteiger partial charge >= 0.3 is 0 Å². The Balaban J connectivity index is 2.14. The first-order chi connectivity index (χ1) is 7.29. The monoisotopic (exact) mass is 224 g/mol. The number of benzene rings is 1. The second kappa shape index (κ2) is 4.64. The Morgan fingerprint density at radius 1 is 1.47 bits per heavy atom. The lowest BCUT2D eigenvalue weighted by Gasteiger charge is -2.14. The van der Waals surface area contributed by atoms with Gasteiger partial charge in [0.15, 0.2) is 12.0 Å². The summed E-state index contributed by atoms with van der Waals surface area (Å²) < 4.78 is 5.24. The standard InChI is InChI=1S/C11H13ClN2O/c1-14(5-4-12)7-9-2-3-10-11(6-9)15-8-13-10/h2-3,6,8H,4-5,7H2,1H3. The molecule has 15 heavy (non-hydrogen) atoms. The molecule has 1 heterocycles. The topological polar surface area (TPSA) is 29.3 Å². The number of aromatic nitrogens is 1. The third-order valence-corrected chi connectivity index (χ3v) is 2.48. The molecule has 0 saturated carbocycles. The van der Waals surface area contributed by atoms with Gasteiger partial charge in [-0.3, -0.25) is 0 Å². The number of fused-ring (bicyclic) bond motifs is 1. The fourth-order valence-corrected chi connectivity index (χ4v) is 1.82. The van der Waals surface area contributed by atoms with Crippen molar-refractivity contribution < 1.29 is 4.42 Å². The smallest absolute Gasteiger partial charge is 0.181 e. The zero-order chi connectivity index (χ0) is 10.7. The van der Waals surface area contributed by atoms with Crippen molar-refractivity contribution in [3.63, 3.8) is 0 Å². The van der Waals surface area contributed by atoms with Crippen molar-refractivity contribution in [2.45, 2.75) is 6.54 Å². The SMILES string of the molecule is CN(CCCl)Cc1ccc2ncoc2c1. The number of hydrogen-bond acceptors (Lipinski definition) is 3. The maximum Gasteiger partial charge on any atom is 0.181 e. The molecule has 0 fully saturated rings. The van der Waals surface area contributed by atoms with Crippen LogP contribution in [0.5, 0.6) is 0 Å². The Morgan fingerprint density at radius 3 is 3.13 bits per heavy atom. The van der Waals surface area contributed by atoms with Crippen LogP contribution in [0.25, 0.3) is 11.1 Å².